The Morgan fingerprint density at radius 1 is 1.38 bits per heavy atom. The summed E-state index contributed by atoms with van der Waals surface area (Å²) < 4.78 is 0. The van der Waals surface area contributed by atoms with Crippen molar-refractivity contribution >= 4 is 17.5 Å². The van der Waals surface area contributed by atoms with Crippen molar-refractivity contribution in [1.82, 2.24) is 4.98 Å². The van der Waals surface area contributed by atoms with Crippen LogP contribution in [0.25, 0.3) is 0 Å². The van der Waals surface area contributed by atoms with Gasteiger partial charge in [0, 0.05) is 12.3 Å². The first-order valence-electron chi connectivity index (χ1n) is 6.18. The summed E-state index contributed by atoms with van der Waals surface area (Å²) in [6, 6.07) is 10.2. The maximum Gasteiger partial charge on any atom is 0.337 e. The summed E-state index contributed by atoms with van der Waals surface area (Å²) in [6.45, 7) is 1.84. The summed E-state index contributed by atoms with van der Waals surface area (Å²) in [5, 5.41) is 22.8. The smallest absolute Gasteiger partial charge is 0.337 e. The number of rotatable bonds is 5. The minimum absolute atomic E-state index is 0.0429. The van der Waals surface area contributed by atoms with Gasteiger partial charge in [0.2, 0.25) is 5.82 Å². The summed E-state index contributed by atoms with van der Waals surface area (Å²) >= 11 is 0. The zero-order valence-electron chi connectivity index (χ0n) is 11.2. The van der Waals surface area contributed by atoms with Crippen LogP contribution in [-0.4, -0.2) is 21.0 Å². The molecule has 0 saturated carbocycles. The molecule has 0 aliphatic carbocycles. The Bertz CT molecular complexity index is 673. The van der Waals surface area contributed by atoms with Gasteiger partial charge >= 0.3 is 11.7 Å². The largest absolute Gasteiger partial charge is 0.478 e. The Labute approximate surface area is 120 Å². The van der Waals surface area contributed by atoms with E-state index in [1.807, 2.05) is 37.3 Å². The minimum Gasteiger partial charge on any atom is -0.478 e. The second-order valence-electron chi connectivity index (χ2n) is 4.43. The number of hydrogen-bond acceptors (Lipinski definition) is 5. The topological polar surface area (TPSA) is 105 Å². The van der Waals surface area contributed by atoms with Gasteiger partial charge in [0.1, 0.15) is 0 Å². The highest BCUT2D eigenvalue weighted by atomic mass is 16.6. The van der Waals surface area contributed by atoms with Crippen LogP contribution < -0.4 is 5.32 Å². The maximum atomic E-state index is 11.0. The third-order valence-corrected chi connectivity index (χ3v) is 2.96. The lowest BCUT2D eigenvalue weighted by atomic mass is 10.1. The number of carboxylic acid groups (broad SMARTS) is 1. The van der Waals surface area contributed by atoms with Gasteiger partial charge in [-0.05, 0) is 12.5 Å². The molecule has 1 heterocycles. The van der Waals surface area contributed by atoms with Crippen molar-refractivity contribution in [3.8, 4) is 0 Å². The van der Waals surface area contributed by atoms with Crippen LogP contribution in [0.2, 0.25) is 0 Å². The van der Waals surface area contributed by atoms with Crippen LogP contribution in [0.5, 0.6) is 0 Å². The van der Waals surface area contributed by atoms with Crippen LogP contribution in [0.3, 0.4) is 0 Å². The molecule has 2 aromatic rings. The fourth-order valence-electron chi connectivity index (χ4n) is 1.85. The molecule has 0 spiro atoms. The zero-order valence-corrected chi connectivity index (χ0v) is 11.2. The first-order chi connectivity index (χ1) is 9.99. The van der Waals surface area contributed by atoms with Crippen LogP contribution in [0, 0.1) is 10.1 Å². The first kappa shape index (κ1) is 14.4. The summed E-state index contributed by atoms with van der Waals surface area (Å²) in [5.74, 6) is -1.21. The van der Waals surface area contributed by atoms with Crippen LogP contribution in [0.15, 0.2) is 42.6 Å². The number of hydrogen-bond donors (Lipinski definition) is 2. The van der Waals surface area contributed by atoms with Crippen LogP contribution in [-0.2, 0) is 0 Å². The molecule has 7 nitrogen and oxygen atoms in total. The molecule has 1 aromatic heterocycles. The van der Waals surface area contributed by atoms with Gasteiger partial charge in [0.15, 0.2) is 0 Å². The number of benzene rings is 1. The van der Waals surface area contributed by atoms with E-state index >= 15 is 0 Å². The molecule has 0 aliphatic heterocycles. The fraction of sp³-hybridized carbons (Fsp3) is 0.143. The van der Waals surface area contributed by atoms with Crippen molar-refractivity contribution in [2.75, 3.05) is 5.32 Å². The molecule has 0 fully saturated rings. The molecule has 0 amide bonds. The number of nitro groups is 1. The molecule has 2 N–H and O–H groups in total. The molecule has 1 aromatic carbocycles. The van der Waals surface area contributed by atoms with Crippen molar-refractivity contribution in [3.05, 3.63) is 63.8 Å². The molecule has 0 bridgehead atoms. The lowest BCUT2D eigenvalue weighted by Gasteiger charge is -2.14. The lowest BCUT2D eigenvalue weighted by Crippen LogP contribution is -2.11. The number of aromatic carboxylic acids is 1. The Balaban J connectivity index is 2.31. The second-order valence-corrected chi connectivity index (χ2v) is 4.43. The van der Waals surface area contributed by atoms with Crippen LogP contribution >= 0.6 is 0 Å². The normalized spacial score (nSPS) is 11.7. The number of nitrogens with zero attached hydrogens (tertiary/aromatic N) is 2. The molecular formula is C14H13N3O4. The summed E-state index contributed by atoms with van der Waals surface area (Å²) in [7, 11) is 0. The van der Waals surface area contributed by atoms with Crippen molar-refractivity contribution in [2.24, 2.45) is 0 Å². The number of pyridine rings is 1. The highest BCUT2D eigenvalue weighted by Crippen LogP contribution is 2.26. The predicted octanol–water partition coefficient (Wildman–Crippen LogP) is 2.86. The summed E-state index contributed by atoms with van der Waals surface area (Å²) in [5.41, 5.74) is 0.355. The lowest BCUT2D eigenvalue weighted by molar-refractivity contribution is -0.384. The molecule has 0 aliphatic rings. The molecule has 108 valence electrons. The quantitative estimate of drug-likeness (QED) is 0.647. The van der Waals surface area contributed by atoms with Crippen molar-refractivity contribution < 1.29 is 14.8 Å². The van der Waals surface area contributed by atoms with E-state index in [1.165, 1.54) is 0 Å². The minimum atomic E-state index is -1.26. The Kier molecular flexibility index (Phi) is 4.13. The van der Waals surface area contributed by atoms with Crippen molar-refractivity contribution in [1.29, 1.82) is 0 Å². The van der Waals surface area contributed by atoms with Crippen molar-refractivity contribution in [2.45, 2.75) is 13.0 Å². The third-order valence-electron chi connectivity index (χ3n) is 2.96. The van der Waals surface area contributed by atoms with Gasteiger partial charge in [-0.3, -0.25) is 10.1 Å². The molecule has 1 unspecified atom stereocenters. The monoisotopic (exact) mass is 287 g/mol. The number of carboxylic acids is 1. The van der Waals surface area contributed by atoms with E-state index in [-0.39, 0.29) is 23.1 Å². The van der Waals surface area contributed by atoms with E-state index in [0.717, 1.165) is 17.8 Å². The predicted molar refractivity (Wildman–Crippen MR) is 76.3 cm³/mol. The van der Waals surface area contributed by atoms with Gasteiger partial charge in [0.05, 0.1) is 16.5 Å². The van der Waals surface area contributed by atoms with Crippen molar-refractivity contribution in [3.63, 3.8) is 0 Å². The first-order valence-corrected chi connectivity index (χ1v) is 6.18. The highest BCUT2D eigenvalue weighted by molar-refractivity contribution is 5.88. The number of carbonyl (C=O) groups is 1. The van der Waals surface area contributed by atoms with E-state index < -0.39 is 10.9 Å². The van der Waals surface area contributed by atoms with E-state index in [2.05, 4.69) is 10.3 Å². The highest BCUT2D eigenvalue weighted by Gasteiger charge is 2.20. The molecule has 0 saturated heterocycles. The molecule has 2 rings (SSSR count). The molecule has 7 heteroatoms. The average molecular weight is 287 g/mol. The van der Waals surface area contributed by atoms with E-state index in [0.29, 0.717) is 0 Å². The summed E-state index contributed by atoms with van der Waals surface area (Å²) in [4.78, 5) is 25.1. The third kappa shape index (κ3) is 3.33. The van der Waals surface area contributed by atoms with E-state index in [9.17, 15) is 14.9 Å². The SMILES string of the molecule is CC(Nc1ncc(C(=O)O)cc1[N+](=O)[O-])c1ccccc1. The van der Waals surface area contributed by atoms with Gasteiger partial charge in [-0.15, -0.1) is 0 Å². The van der Waals surface area contributed by atoms with Gasteiger partial charge in [-0.1, -0.05) is 30.3 Å². The fourth-order valence-corrected chi connectivity index (χ4v) is 1.85. The molecule has 0 radical (unpaired) electrons. The molecular weight excluding hydrogens is 274 g/mol. The number of anilines is 1. The zero-order chi connectivity index (χ0) is 15.4. The van der Waals surface area contributed by atoms with Crippen LogP contribution in [0.4, 0.5) is 11.5 Å². The molecule has 1 atom stereocenters. The van der Waals surface area contributed by atoms with Gasteiger partial charge in [-0.2, -0.15) is 0 Å². The Morgan fingerprint density at radius 3 is 2.62 bits per heavy atom. The Morgan fingerprint density at radius 2 is 2.05 bits per heavy atom. The number of aromatic nitrogens is 1. The molecule has 21 heavy (non-hydrogen) atoms. The Hall–Kier alpha value is -2.96. The maximum absolute atomic E-state index is 11.0. The standard InChI is InChI=1S/C14H13N3O4/c1-9(10-5-3-2-4-6-10)16-13-12(17(20)21)7-11(8-15-13)14(18)19/h2-9H,1H3,(H,15,16)(H,18,19). The van der Waals surface area contributed by atoms with Gasteiger partial charge in [0.25, 0.3) is 0 Å². The van der Waals surface area contributed by atoms with E-state index in [1.54, 1.807) is 0 Å². The number of nitrogens with one attached hydrogen (secondary N) is 1. The summed E-state index contributed by atoms with van der Waals surface area (Å²) in [6.07, 6.45) is 1.09. The second kappa shape index (κ2) is 6.00. The van der Waals surface area contributed by atoms with E-state index in [4.69, 9.17) is 5.11 Å². The van der Waals surface area contributed by atoms with Gasteiger partial charge < -0.3 is 10.4 Å². The average Bonchev–Trinajstić information content (AvgIpc) is 2.48. The van der Waals surface area contributed by atoms with Crippen LogP contribution in [0.1, 0.15) is 28.9 Å². The van der Waals surface area contributed by atoms with Gasteiger partial charge in [-0.25, -0.2) is 9.78 Å².